The third-order valence-corrected chi connectivity index (χ3v) is 5.01. The van der Waals surface area contributed by atoms with Crippen LogP contribution < -0.4 is 5.32 Å². The molecular formula is C16H32N2. The van der Waals surface area contributed by atoms with E-state index in [-0.39, 0.29) is 0 Å². The Morgan fingerprint density at radius 3 is 2.56 bits per heavy atom. The summed E-state index contributed by atoms with van der Waals surface area (Å²) in [5.41, 5.74) is 0. The molecule has 2 saturated carbocycles. The maximum Gasteiger partial charge on any atom is 0.00947 e. The minimum absolute atomic E-state index is 0.838. The lowest BCUT2D eigenvalue weighted by Crippen LogP contribution is -2.37. The Morgan fingerprint density at radius 1 is 1.06 bits per heavy atom. The minimum atomic E-state index is 0.838. The summed E-state index contributed by atoms with van der Waals surface area (Å²) in [6.45, 7) is 4.91. The highest BCUT2D eigenvalue weighted by atomic mass is 15.1. The molecule has 0 aromatic rings. The van der Waals surface area contributed by atoms with Gasteiger partial charge in [-0.15, -0.1) is 0 Å². The van der Waals surface area contributed by atoms with Gasteiger partial charge in [-0.05, 0) is 58.2 Å². The molecule has 18 heavy (non-hydrogen) atoms. The third-order valence-electron chi connectivity index (χ3n) is 5.01. The molecule has 0 aliphatic heterocycles. The zero-order valence-corrected chi connectivity index (χ0v) is 12.5. The predicted octanol–water partition coefficient (Wildman–Crippen LogP) is 3.42. The van der Waals surface area contributed by atoms with Crippen molar-refractivity contribution in [2.24, 2.45) is 5.92 Å². The zero-order valence-electron chi connectivity index (χ0n) is 12.5. The first-order valence-electron chi connectivity index (χ1n) is 8.19. The van der Waals surface area contributed by atoms with Crippen molar-refractivity contribution < 1.29 is 0 Å². The van der Waals surface area contributed by atoms with Gasteiger partial charge in [-0.2, -0.15) is 0 Å². The topological polar surface area (TPSA) is 15.3 Å². The van der Waals surface area contributed by atoms with Crippen molar-refractivity contribution >= 4 is 0 Å². The van der Waals surface area contributed by atoms with Gasteiger partial charge in [-0.3, -0.25) is 0 Å². The second-order valence-corrected chi connectivity index (χ2v) is 6.70. The van der Waals surface area contributed by atoms with Crippen LogP contribution in [0.1, 0.15) is 64.7 Å². The lowest BCUT2D eigenvalue weighted by Gasteiger charge is -2.34. The lowest BCUT2D eigenvalue weighted by atomic mass is 9.86. The molecule has 2 atom stereocenters. The normalized spacial score (nSPS) is 30.2. The van der Waals surface area contributed by atoms with Crippen LogP contribution >= 0.6 is 0 Å². The Morgan fingerprint density at radius 2 is 1.83 bits per heavy atom. The van der Waals surface area contributed by atoms with Crippen LogP contribution in [0.3, 0.4) is 0 Å². The summed E-state index contributed by atoms with van der Waals surface area (Å²) in [5, 5.41) is 3.72. The van der Waals surface area contributed by atoms with Crippen LogP contribution in [0.4, 0.5) is 0 Å². The van der Waals surface area contributed by atoms with Crippen LogP contribution in [0.5, 0.6) is 0 Å². The van der Waals surface area contributed by atoms with Crippen LogP contribution in [0.15, 0.2) is 0 Å². The highest BCUT2D eigenvalue weighted by molar-refractivity contribution is 4.78. The van der Waals surface area contributed by atoms with Gasteiger partial charge in [-0.25, -0.2) is 0 Å². The molecule has 0 spiro atoms. The fraction of sp³-hybridized carbons (Fsp3) is 1.00. The Labute approximate surface area is 114 Å². The number of nitrogens with one attached hydrogen (secondary N) is 1. The number of hydrogen-bond acceptors (Lipinski definition) is 2. The molecule has 0 heterocycles. The van der Waals surface area contributed by atoms with E-state index in [1.165, 1.54) is 70.9 Å². The highest BCUT2D eigenvalue weighted by Gasteiger charge is 2.22. The summed E-state index contributed by atoms with van der Waals surface area (Å²) in [6, 6.07) is 1.70. The smallest absolute Gasteiger partial charge is 0.00947 e. The molecule has 2 rings (SSSR count). The van der Waals surface area contributed by atoms with Crippen LogP contribution in [0.2, 0.25) is 0 Å². The van der Waals surface area contributed by atoms with Gasteiger partial charge in [-0.1, -0.05) is 32.6 Å². The molecule has 2 aliphatic rings. The highest BCUT2D eigenvalue weighted by Crippen LogP contribution is 2.26. The molecule has 2 aliphatic carbocycles. The first kappa shape index (κ1) is 14.3. The number of rotatable bonds is 6. The molecule has 2 nitrogen and oxygen atoms in total. The maximum absolute atomic E-state index is 3.72. The molecule has 2 fully saturated rings. The quantitative estimate of drug-likeness (QED) is 0.729. The molecule has 2 heteroatoms. The SMILES string of the molecule is CC1CCCC(N(C)CCCNC2CCCC2)C1. The molecular weight excluding hydrogens is 220 g/mol. The van der Waals surface area contributed by atoms with Gasteiger partial charge in [0.15, 0.2) is 0 Å². The fourth-order valence-corrected chi connectivity index (χ4v) is 3.75. The van der Waals surface area contributed by atoms with Crippen molar-refractivity contribution in [3.8, 4) is 0 Å². The van der Waals surface area contributed by atoms with Gasteiger partial charge in [0.05, 0.1) is 0 Å². The molecule has 106 valence electrons. The summed E-state index contributed by atoms with van der Waals surface area (Å²) in [4.78, 5) is 2.62. The Kier molecular flexibility index (Phi) is 5.97. The van der Waals surface area contributed by atoms with Crippen molar-refractivity contribution in [3.05, 3.63) is 0 Å². The molecule has 1 N–H and O–H groups in total. The van der Waals surface area contributed by atoms with E-state index >= 15 is 0 Å². The van der Waals surface area contributed by atoms with Crippen LogP contribution in [-0.2, 0) is 0 Å². The number of hydrogen-bond donors (Lipinski definition) is 1. The summed E-state index contributed by atoms with van der Waals surface area (Å²) in [5.74, 6) is 0.947. The average Bonchev–Trinajstić information content (AvgIpc) is 2.87. The average molecular weight is 252 g/mol. The zero-order chi connectivity index (χ0) is 12.8. The van der Waals surface area contributed by atoms with Crippen molar-refractivity contribution in [2.45, 2.75) is 76.8 Å². The monoisotopic (exact) mass is 252 g/mol. The molecule has 0 saturated heterocycles. The minimum Gasteiger partial charge on any atom is -0.314 e. The fourth-order valence-electron chi connectivity index (χ4n) is 3.75. The first-order chi connectivity index (χ1) is 8.75. The maximum atomic E-state index is 3.72. The molecule has 0 aromatic heterocycles. The predicted molar refractivity (Wildman–Crippen MR) is 78.9 cm³/mol. The van der Waals surface area contributed by atoms with Crippen molar-refractivity contribution in [1.29, 1.82) is 0 Å². The van der Waals surface area contributed by atoms with Crippen molar-refractivity contribution in [1.82, 2.24) is 10.2 Å². The Balaban J connectivity index is 1.54. The second-order valence-electron chi connectivity index (χ2n) is 6.70. The van der Waals surface area contributed by atoms with Gasteiger partial charge < -0.3 is 10.2 Å². The van der Waals surface area contributed by atoms with Crippen LogP contribution in [0.25, 0.3) is 0 Å². The standard InChI is InChI=1S/C16H32N2/c1-14-7-5-10-16(13-14)18(2)12-6-11-17-15-8-3-4-9-15/h14-17H,3-13H2,1-2H3. The van der Waals surface area contributed by atoms with Gasteiger partial charge in [0.2, 0.25) is 0 Å². The lowest BCUT2D eigenvalue weighted by molar-refractivity contribution is 0.162. The summed E-state index contributed by atoms with van der Waals surface area (Å²) >= 11 is 0. The molecule has 0 aromatic carbocycles. The first-order valence-corrected chi connectivity index (χ1v) is 8.19. The van der Waals surface area contributed by atoms with E-state index in [1.54, 1.807) is 0 Å². The molecule has 0 amide bonds. The van der Waals surface area contributed by atoms with Gasteiger partial charge in [0, 0.05) is 12.1 Å². The van der Waals surface area contributed by atoms with Crippen LogP contribution in [0, 0.1) is 5.92 Å². The molecule has 0 radical (unpaired) electrons. The molecule has 0 bridgehead atoms. The van der Waals surface area contributed by atoms with Crippen molar-refractivity contribution in [2.75, 3.05) is 20.1 Å². The van der Waals surface area contributed by atoms with E-state index in [2.05, 4.69) is 24.2 Å². The molecule has 2 unspecified atom stereocenters. The van der Waals surface area contributed by atoms with E-state index in [9.17, 15) is 0 Å². The van der Waals surface area contributed by atoms with E-state index in [4.69, 9.17) is 0 Å². The van der Waals surface area contributed by atoms with Gasteiger partial charge in [0.25, 0.3) is 0 Å². The Bertz CT molecular complexity index is 223. The van der Waals surface area contributed by atoms with Crippen molar-refractivity contribution in [3.63, 3.8) is 0 Å². The summed E-state index contributed by atoms with van der Waals surface area (Å²) in [6.07, 6.45) is 12.8. The van der Waals surface area contributed by atoms with E-state index in [0.717, 1.165) is 18.0 Å². The summed E-state index contributed by atoms with van der Waals surface area (Å²) in [7, 11) is 2.33. The third kappa shape index (κ3) is 4.55. The van der Waals surface area contributed by atoms with Gasteiger partial charge >= 0.3 is 0 Å². The summed E-state index contributed by atoms with van der Waals surface area (Å²) < 4.78 is 0. The van der Waals surface area contributed by atoms with E-state index < -0.39 is 0 Å². The van der Waals surface area contributed by atoms with E-state index in [0.29, 0.717) is 0 Å². The van der Waals surface area contributed by atoms with Gasteiger partial charge in [0.1, 0.15) is 0 Å². The largest absolute Gasteiger partial charge is 0.314 e. The second kappa shape index (κ2) is 7.49. The van der Waals surface area contributed by atoms with E-state index in [1.807, 2.05) is 0 Å². The number of nitrogens with zero attached hydrogens (tertiary/aromatic N) is 1. The van der Waals surface area contributed by atoms with Crippen LogP contribution in [-0.4, -0.2) is 37.1 Å². The Hall–Kier alpha value is -0.0800.